The maximum absolute atomic E-state index is 13.9. The summed E-state index contributed by atoms with van der Waals surface area (Å²) >= 11 is 0. The molecule has 0 amide bonds. The zero-order valence-corrected chi connectivity index (χ0v) is 11.3. The van der Waals surface area contributed by atoms with Crippen molar-refractivity contribution in [3.05, 3.63) is 29.3 Å². The Labute approximate surface area is 114 Å². The fourth-order valence-corrected chi connectivity index (χ4v) is 1.86. The van der Waals surface area contributed by atoms with Crippen molar-refractivity contribution in [2.75, 3.05) is 24.5 Å². The Morgan fingerprint density at radius 1 is 1.10 bits per heavy atom. The Balaban J connectivity index is 3.04. The van der Waals surface area contributed by atoms with Gasteiger partial charge in [0.15, 0.2) is 0 Å². The van der Waals surface area contributed by atoms with Crippen molar-refractivity contribution in [1.82, 2.24) is 5.32 Å². The minimum absolute atomic E-state index is 0.139. The molecule has 0 aromatic heterocycles. The van der Waals surface area contributed by atoms with Gasteiger partial charge in [-0.3, -0.25) is 0 Å². The lowest BCUT2D eigenvalue weighted by Gasteiger charge is -2.25. The van der Waals surface area contributed by atoms with Gasteiger partial charge in [0.1, 0.15) is 23.9 Å². The molecule has 0 fully saturated rings. The summed E-state index contributed by atoms with van der Waals surface area (Å²) in [6.45, 7) is 2.61. The highest BCUT2D eigenvalue weighted by Gasteiger charge is 2.32. The van der Waals surface area contributed by atoms with Gasteiger partial charge in [-0.05, 0) is 31.2 Å². The number of nitrogens with zero attached hydrogens (tertiary/aromatic N) is 1. The zero-order valence-electron chi connectivity index (χ0n) is 11.3. The van der Waals surface area contributed by atoms with E-state index in [-0.39, 0.29) is 13.1 Å². The number of benzene rings is 1. The van der Waals surface area contributed by atoms with E-state index in [1.165, 1.54) is 6.92 Å². The summed E-state index contributed by atoms with van der Waals surface area (Å²) in [5.74, 6) is -1.96. The summed E-state index contributed by atoms with van der Waals surface area (Å²) in [4.78, 5) is 0.641. The van der Waals surface area contributed by atoms with Crippen LogP contribution < -0.4 is 10.2 Å². The van der Waals surface area contributed by atoms with Crippen molar-refractivity contribution in [3.8, 4) is 0 Å². The number of anilines is 1. The minimum Gasteiger partial charge on any atom is -0.358 e. The molecule has 0 spiro atoms. The molecule has 0 atom stereocenters. The molecule has 0 radical (unpaired) electrons. The van der Waals surface area contributed by atoms with E-state index in [1.807, 2.05) is 6.92 Å². The number of alkyl halides is 3. The average molecular weight is 296 g/mol. The average Bonchev–Trinajstić information content (AvgIpc) is 2.32. The summed E-state index contributed by atoms with van der Waals surface area (Å²) in [5, 5.41) is 2.89. The van der Waals surface area contributed by atoms with Crippen LogP contribution in [-0.4, -0.2) is 25.8 Å². The van der Waals surface area contributed by atoms with E-state index in [0.29, 0.717) is 17.0 Å². The molecular weight excluding hydrogens is 279 g/mol. The molecule has 0 saturated heterocycles. The molecule has 7 heteroatoms. The standard InChI is InChI=1S/C13H17F5N2/c1-3-19-7-9-5-10(14)12(11(15)6-9)20(4-2)8-13(16,17)18/h5-6,19H,3-4,7-8H2,1-2H3. The first-order chi connectivity index (χ1) is 9.28. The molecule has 114 valence electrons. The molecule has 1 rings (SSSR count). The van der Waals surface area contributed by atoms with Crippen molar-refractivity contribution < 1.29 is 22.0 Å². The predicted octanol–water partition coefficient (Wildman–Crippen LogP) is 3.46. The van der Waals surface area contributed by atoms with Gasteiger partial charge in [0.2, 0.25) is 0 Å². The summed E-state index contributed by atoms with van der Waals surface area (Å²) in [7, 11) is 0. The van der Waals surface area contributed by atoms with Crippen molar-refractivity contribution in [2.45, 2.75) is 26.6 Å². The van der Waals surface area contributed by atoms with E-state index in [9.17, 15) is 22.0 Å². The van der Waals surface area contributed by atoms with Crippen molar-refractivity contribution in [2.24, 2.45) is 0 Å². The fourth-order valence-electron chi connectivity index (χ4n) is 1.86. The molecule has 0 heterocycles. The summed E-state index contributed by atoms with van der Waals surface area (Å²) in [6, 6.07) is 2.11. The summed E-state index contributed by atoms with van der Waals surface area (Å²) in [5.41, 5.74) is -0.279. The number of hydrogen-bond donors (Lipinski definition) is 1. The molecule has 2 nitrogen and oxygen atoms in total. The smallest absolute Gasteiger partial charge is 0.358 e. The van der Waals surface area contributed by atoms with Crippen molar-refractivity contribution in [1.29, 1.82) is 0 Å². The lowest BCUT2D eigenvalue weighted by atomic mass is 10.1. The SMILES string of the molecule is CCNCc1cc(F)c(N(CC)CC(F)(F)F)c(F)c1. The third kappa shape index (κ3) is 4.63. The van der Waals surface area contributed by atoms with Gasteiger partial charge in [0.05, 0.1) is 0 Å². The van der Waals surface area contributed by atoms with Crippen LogP contribution in [0.3, 0.4) is 0 Å². The van der Waals surface area contributed by atoms with Crippen LogP contribution in [0.25, 0.3) is 0 Å². The van der Waals surface area contributed by atoms with Crippen LogP contribution in [0.15, 0.2) is 12.1 Å². The molecule has 0 aliphatic heterocycles. The van der Waals surface area contributed by atoms with E-state index in [0.717, 1.165) is 12.1 Å². The first kappa shape index (κ1) is 16.7. The van der Waals surface area contributed by atoms with E-state index >= 15 is 0 Å². The topological polar surface area (TPSA) is 15.3 Å². The monoisotopic (exact) mass is 296 g/mol. The Bertz CT molecular complexity index is 422. The van der Waals surface area contributed by atoms with Gasteiger partial charge in [-0.15, -0.1) is 0 Å². The van der Waals surface area contributed by atoms with Gasteiger partial charge in [-0.25, -0.2) is 8.78 Å². The van der Waals surface area contributed by atoms with Gasteiger partial charge >= 0.3 is 6.18 Å². The van der Waals surface area contributed by atoms with E-state index in [2.05, 4.69) is 5.32 Å². The normalized spacial score (nSPS) is 11.8. The zero-order chi connectivity index (χ0) is 15.3. The summed E-state index contributed by atoms with van der Waals surface area (Å²) in [6.07, 6.45) is -4.52. The van der Waals surface area contributed by atoms with Crippen molar-refractivity contribution >= 4 is 5.69 Å². The van der Waals surface area contributed by atoms with Gasteiger partial charge in [-0.2, -0.15) is 13.2 Å². The second-order valence-corrected chi connectivity index (χ2v) is 4.32. The molecule has 0 saturated carbocycles. The molecule has 1 N–H and O–H groups in total. The van der Waals surface area contributed by atoms with Crippen LogP contribution in [0.5, 0.6) is 0 Å². The van der Waals surface area contributed by atoms with Crippen LogP contribution in [-0.2, 0) is 6.54 Å². The first-order valence-electron chi connectivity index (χ1n) is 6.28. The van der Waals surface area contributed by atoms with Crippen LogP contribution in [0.4, 0.5) is 27.6 Å². The number of hydrogen-bond acceptors (Lipinski definition) is 2. The number of nitrogens with one attached hydrogen (secondary N) is 1. The van der Waals surface area contributed by atoms with Gasteiger partial charge < -0.3 is 10.2 Å². The molecule has 1 aromatic rings. The van der Waals surface area contributed by atoms with Crippen molar-refractivity contribution in [3.63, 3.8) is 0 Å². The highest BCUT2D eigenvalue weighted by atomic mass is 19.4. The van der Waals surface area contributed by atoms with Gasteiger partial charge in [0.25, 0.3) is 0 Å². The van der Waals surface area contributed by atoms with Gasteiger partial charge in [-0.1, -0.05) is 6.92 Å². The van der Waals surface area contributed by atoms with E-state index in [1.54, 1.807) is 0 Å². The van der Waals surface area contributed by atoms with Crippen LogP contribution >= 0.6 is 0 Å². The van der Waals surface area contributed by atoms with Crippen LogP contribution in [0, 0.1) is 11.6 Å². The molecule has 0 aliphatic carbocycles. The van der Waals surface area contributed by atoms with Crippen LogP contribution in [0.1, 0.15) is 19.4 Å². The maximum atomic E-state index is 13.9. The molecule has 20 heavy (non-hydrogen) atoms. The lowest BCUT2D eigenvalue weighted by Crippen LogP contribution is -2.35. The predicted molar refractivity (Wildman–Crippen MR) is 67.7 cm³/mol. The molecule has 0 unspecified atom stereocenters. The molecule has 0 bridgehead atoms. The number of halogens is 5. The Kier molecular flexibility index (Phi) is 5.74. The minimum atomic E-state index is -4.52. The highest BCUT2D eigenvalue weighted by molar-refractivity contribution is 5.50. The second kappa shape index (κ2) is 6.88. The molecule has 0 aliphatic rings. The van der Waals surface area contributed by atoms with Crippen LogP contribution in [0.2, 0.25) is 0 Å². The van der Waals surface area contributed by atoms with Gasteiger partial charge in [0, 0.05) is 13.1 Å². The largest absolute Gasteiger partial charge is 0.405 e. The molecule has 1 aromatic carbocycles. The quantitative estimate of drug-likeness (QED) is 0.809. The second-order valence-electron chi connectivity index (χ2n) is 4.32. The summed E-state index contributed by atoms with van der Waals surface area (Å²) < 4.78 is 64.9. The first-order valence-corrected chi connectivity index (χ1v) is 6.28. The third-order valence-electron chi connectivity index (χ3n) is 2.72. The third-order valence-corrected chi connectivity index (χ3v) is 2.72. The Morgan fingerprint density at radius 2 is 1.65 bits per heavy atom. The van der Waals surface area contributed by atoms with E-state index < -0.39 is 30.0 Å². The molecular formula is C13H17F5N2. The lowest BCUT2D eigenvalue weighted by molar-refractivity contribution is -0.119. The fraction of sp³-hybridized carbons (Fsp3) is 0.538. The highest BCUT2D eigenvalue weighted by Crippen LogP contribution is 2.28. The maximum Gasteiger partial charge on any atom is 0.405 e. The van der Waals surface area contributed by atoms with E-state index in [4.69, 9.17) is 0 Å². The number of rotatable bonds is 6. The Hall–Kier alpha value is -1.37. The Morgan fingerprint density at radius 3 is 2.05 bits per heavy atom.